The average molecular weight is 331 g/mol. The molecule has 0 spiro atoms. The Balaban J connectivity index is 1.81. The van der Waals surface area contributed by atoms with Crippen molar-refractivity contribution in [1.29, 1.82) is 0 Å². The Hall–Kier alpha value is -0.980. The molecule has 1 aliphatic heterocycles. The van der Waals surface area contributed by atoms with E-state index in [-0.39, 0.29) is 15.6 Å². The number of halogens is 1. The van der Waals surface area contributed by atoms with Crippen LogP contribution in [0, 0.1) is 0 Å². The summed E-state index contributed by atoms with van der Waals surface area (Å²) in [4.78, 5) is 2.14. The first-order valence-electron chi connectivity index (χ1n) is 7.16. The number of nitrogens with zero attached hydrogens (tertiary/aromatic N) is 1. The van der Waals surface area contributed by atoms with Crippen molar-refractivity contribution in [3.05, 3.63) is 17.2 Å². The molecule has 116 valence electrons. The van der Waals surface area contributed by atoms with Crippen molar-refractivity contribution in [3.8, 4) is 5.75 Å². The molecule has 21 heavy (non-hydrogen) atoms. The smallest absolute Gasteiger partial charge is 0.186 e. The van der Waals surface area contributed by atoms with Crippen molar-refractivity contribution in [2.75, 3.05) is 18.8 Å². The molecule has 2 fully saturated rings. The first-order valence-corrected chi connectivity index (χ1v) is 9.08. The molecule has 2 aliphatic rings. The van der Waals surface area contributed by atoms with Gasteiger partial charge in [-0.05, 0) is 50.9 Å². The molecule has 1 saturated heterocycles. The first-order chi connectivity index (χ1) is 9.91. The predicted molar refractivity (Wildman–Crippen MR) is 82.3 cm³/mol. The van der Waals surface area contributed by atoms with Gasteiger partial charge in [0.2, 0.25) is 0 Å². The Bertz CT molecular complexity index is 650. The second kappa shape index (κ2) is 5.34. The molecule has 1 heterocycles. The second-order valence-electron chi connectivity index (χ2n) is 5.85. The van der Waals surface area contributed by atoms with Crippen LogP contribution < -0.4 is 5.73 Å². The van der Waals surface area contributed by atoms with Crippen LogP contribution in [-0.2, 0) is 9.84 Å². The van der Waals surface area contributed by atoms with Crippen molar-refractivity contribution in [3.63, 3.8) is 0 Å². The molecular formula is C14H19ClN2O3S. The standard InChI is InChI=1S/C14H19ClN2O3S/c15-11-3-4-12(16)13(18)14(11)21(19,20)10-7-9(8-10)17-5-1-2-6-17/h3-4,9-10,18H,1-2,5-8,16H2/t9-,10-. The van der Waals surface area contributed by atoms with Crippen LogP contribution in [0.5, 0.6) is 5.75 Å². The summed E-state index contributed by atoms with van der Waals surface area (Å²) in [5.74, 6) is -0.424. The van der Waals surface area contributed by atoms with E-state index in [2.05, 4.69) is 4.90 Å². The molecule has 5 nitrogen and oxygen atoms in total. The number of sulfone groups is 1. The van der Waals surface area contributed by atoms with Crippen LogP contribution in [0.4, 0.5) is 5.69 Å². The molecule has 0 amide bonds. The van der Waals surface area contributed by atoms with Gasteiger partial charge < -0.3 is 15.7 Å². The van der Waals surface area contributed by atoms with Gasteiger partial charge in [-0.25, -0.2) is 8.42 Å². The number of nitrogen functional groups attached to an aromatic ring is 1. The lowest BCUT2D eigenvalue weighted by atomic mass is 9.91. The fourth-order valence-corrected chi connectivity index (χ4v) is 5.68. The van der Waals surface area contributed by atoms with Gasteiger partial charge in [0.25, 0.3) is 0 Å². The van der Waals surface area contributed by atoms with E-state index in [9.17, 15) is 13.5 Å². The molecule has 0 atom stereocenters. The van der Waals surface area contributed by atoms with Crippen LogP contribution in [0.3, 0.4) is 0 Å². The first kappa shape index (κ1) is 14.9. The molecule has 0 bridgehead atoms. The molecule has 1 aromatic carbocycles. The molecule has 1 aromatic rings. The number of phenols is 1. The summed E-state index contributed by atoms with van der Waals surface area (Å²) in [6.45, 7) is 2.11. The number of hydrogen-bond acceptors (Lipinski definition) is 5. The molecule has 7 heteroatoms. The fourth-order valence-electron chi connectivity index (χ4n) is 3.20. The van der Waals surface area contributed by atoms with Gasteiger partial charge >= 0.3 is 0 Å². The number of nitrogens with two attached hydrogens (primary N) is 1. The summed E-state index contributed by atoms with van der Waals surface area (Å²) in [7, 11) is -3.64. The van der Waals surface area contributed by atoms with Crippen molar-refractivity contribution < 1.29 is 13.5 Å². The Morgan fingerprint density at radius 2 is 1.86 bits per heavy atom. The van der Waals surface area contributed by atoms with Crippen molar-refractivity contribution in [2.24, 2.45) is 0 Å². The number of likely N-dealkylation sites (tertiary alicyclic amines) is 1. The summed E-state index contributed by atoms with van der Waals surface area (Å²) in [6.07, 6.45) is 3.59. The maximum atomic E-state index is 12.7. The molecule has 0 radical (unpaired) electrons. The van der Waals surface area contributed by atoms with Gasteiger partial charge in [0.05, 0.1) is 16.0 Å². The monoisotopic (exact) mass is 330 g/mol. The van der Waals surface area contributed by atoms with Gasteiger partial charge in [-0.2, -0.15) is 0 Å². The highest BCUT2D eigenvalue weighted by Crippen LogP contribution is 2.42. The van der Waals surface area contributed by atoms with Crippen LogP contribution in [0.25, 0.3) is 0 Å². The number of hydrogen-bond donors (Lipinski definition) is 2. The maximum absolute atomic E-state index is 12.7. The fraction of sp³-hybridized carbons (Fsp3) is 0.571. The van der Waals surface area contributed by atoms with E-state index in [0.717, 1.165) is 13.1 Å². The Labute approximate surface area is 129 Å². The van der Waals surface area contributed by atoms with E-state index in [1.54, 1.807) is 0 Å². The second-order valence-corrected chi connectivity index (χ2v) is 8.42. The van der Waals surface area contributed by atoms with E-state index >= 15 is 0 Å². The van der Waals surface area contributed by atoms with Crippen LogP contribution >= 0.6 is 11.6 Å². The lowest BCUT2D eigenvalue weighted by molar-refractivity contribution is 0.161. The summed E-state index contributed by atoms with van der Waals surface area (Å²) < 4.78 is 25.3. The number of benzene rings is 1. The van der Waals surface area contributed by atoms with Crippen LogP contribution in [-0.4, -0.2) is 42.8 Å². The van der Waals surface area contributed by atoms with Crippen LogP contribution in [0.15, 0.2) is 17.0 Å². The lowest BCUT2D eigenvalue weighted by Crippen LogP contribution is -2.48. The van der Waals surface area contributed by atoms with E-state index in [4.69, 9.17) is 17.3 Å². The normalized spacial score (nSPS) is 26.7. The number of anilines is 1. The van der Waals surface area contributed by atoms with Gasteiger partial charge in [-0.1, -0.05) is 11.6 Å². The molecule has 3 rings (SSSR count). The Morgan fingerprint density at radius 1 is 1.24 bits per heavy atom. The largest absolute Gasteiger partial charge is 0.504 e. The molecule has 1 saturated carbocycles. The third-order valence-corrected chi connectivity index (χ3v) is 7.24. The molecule has 1 aliphatic carbocycles. The van der Waals surface area contributed by atoms with Crippen LogP contribution in [0.1, 0.15) is 25.7 Å². The Kier molecular flexibility index (Phi) is 3.80. The predicted octanol–water partition coefficient (Wildman–Crippen LogP) is 2.03. The van der Waals surface area contributed by atoms with E-state index in [1.807, 2.05) is 0 Å². The minimum absolute atomic E-state index is 0.0336. The average Bonchev–Trinajstić information content (AvgIpc) is 2.85. The van der Waals surface area contributed by atoms with Crippen LogP contribution in [0.2, 0.25) is 5.02 Å². The summed E-state index contributed by atoms with van der Waals surface area (Å²) in [6, 6.07) is 3.17. The third kappa shape index (κ3) is 2.49. The molecule has 0 unspecified atom stereocenters. The minimum Gasteiger partial charge on any atom is -0.504 e. The molecule has 3 N–H and O–H groups in total. The van der Waals surface area contributed by atoms with E-state index < -0.39 is 20.8 Å². The maximum Gasteiger partial charge on any atom is 0.186 e. The quantitative estimate of drug-likeness (QED) is 0.654. The van der Waals surface area contributed by atoms with E-state index in [1.165, 1.54) is 25.0 Å². The SMILES string of the molecule is Nc1ccc(Cl)c(S(=O)(=O)[C@H]2C[C@H](N3CCCC3)C2)c1O. The summed E-state index contributed by atoms with van der Waals surface area (Å²) >= 11 is 5.97. The zero-order chi connectivity index (χ0) is 15.2. The topological polar surface area (TPSA) is 83.6 Å². The number of phenolic OH excluding ortho intramolecular Hbond substituents is 1. The number of rotatable bonds is 3. The third-order valence-electron chi connectivity index (χ3n) is 4.56. The van der Waals surface area contributed by atoms with Gasteiger partial charge in [0, 0.05) is 6.04 Å². The minimum atomic E-state index is -3.64. The van der Waals surface area contributed by atoms with Gasteiger partial charge in [-0.3, -0.25) is 0 Å². The summed E-state index contributed by atoms with van der Waals surface area (Å²) in [5.41, 5.74) is 5.63. The molecule has 0 aromatic heterocycles. The van der Waals surface area contributed by atoms with Crippen molar-refractivity contribution in [1.82, 2.24) is 4.90 Å². The summed E-state index contributed by atoms with van der Waals surface area (Å²) in [5, 5.41) is 9.52. The highest BCUT2D eigenvalue weighted by molar-refractivity contribution is 7.92. The zero-order valence-electron chi connectivity index (χ0n) is 11.6. The van der Waals surface area contributed by atoms with Gasteiger partial charge in [0.15, 0.2) is 15.6 Å². The van der Waals surface area contributed by atoms with Crippen molar-refractivity contribution >= 4 is 27.1 Å². The van der Waals surface area contributed by atoms with Gasteiger partial charge in [-0.15, -0.1) is 0 Å². The highest BCUT2D eigenvalue weighted by atomic mass is 35.5. The van der Waals surface area contributed by atoms with E-state index in [0.29, 0.717) is 18.9 Å². The van der Waals surface area contributed by atoms with Crippen molar-refractivity contribution in [2.45, 2.75) is 41.9 Å². The number of aromatic hydroxyl groups is 1. The Morgan fingerprint density at radius 3 is 2.48 bits per heavy atom. The van der Waals surface area contributed by atoms with Gasteiger partial charge in [0.1, 0.15) is 4.90 Å². The molecular weight excluding hydrogens is 312 g/mol. The highest BCUT2D eigenvalue weighted by Gasteiger charge is 2.44. The zero-order valence-corrected chi connectivity index (χ0v) is 13.2. The lowest BCUT2D eigenvalue weighted by Gasteiger charge is -2.40.